The Morgan fingerprint density at radius 3 is 1.82 bits per heavy atom. The Balaban J connectivity index is 0.000001000. The maximum Gasteiger partial charge on any atom is -0.0257 e. The van der Waals surface area contributed by atoms with Gasteiger partial charge >= 0.3 is 0 Å². The summed E-state index contributed by atoms with van der Waals surface area (Å²) in [5.74, 6) is 0. The Morgan fingerprint density at radius 1 is 1.00 bits per heavy atom. The minimum atomic E-state index is 0. The third-order valence-corrected chi connectivity index (χ3v) is 1.38. The third-order valence-electron chi connectivity index (χ3n) is 1.38. The summed E-state index contributed by atoms with van der Waals surface area (Å²) < 4.78 is 0. The molecular weight excluding hydrogens is 134 g/mol. The average Bonchev–Trinajstić information content (AvgIpc) is 2.05. The van der Waals surface area contributed by atoms with Gasteiger partial charge in [-0.05, 0) is 17.2 Å². The van der Waals surface area contributed by atoms with Crippen molar-refractivity contribution < 1.29 is 0 Å². The highest BCUT2D eigenvalue weighted by atomic mass is 14.0. The number of benzene rings is 1. The molecular formula is C10H13N. The molecule has 0 unspecified atom stereocenters. The third kappa shape index (κ3) is 2.40. The minimum Gasteiger partial charge on any atom is -0.344 e. The lowest BCUT2D eigenvalue weighted by Crippen LogP contribution is -1.72. The lowest BCUT2D eigenvalue weighted by Gasteiger charge is -1.93. The van der Waals surface area contributed by atoms with Gasteiger partial charge in [-0.25, -0.2) is 0 Å². The quantitative estimate of drug-likeness (QED) is 0.685. The minimum absolute atomic E-state index is 0. The van der Waals surface area contributed by atoms with Crippen molar-refractivity contribution in [1.29, 1.82) is 0 Å². The molecule has 1 nitrogen and oxygen atoms in total. The molecule has 0 aromatic heterocycles. The van der Waals surface area contributed by atoms with Crippen molar-refractivity contribution in [1.82, 2.24) is 6.15 Å². The van der Waals surface area contributed by atoms with Gasteiger partial charge in [0, 0.05) is 0 Å². The zero-order valence-electron chi connectivity index (χ0n) is 6.59. The van der Waals surface area contributed by atoms with Crippen molar-refractivity contribution >= 4 is 12.2 Å². The van der Waals surface area contributed by atoms with Gasteiger partial charge in [-0.3, -0.25) is 0 Å². The van der Waals surface area contributed by atoms with Gasteiger partial charge in [0.05, 0.1) is 0 Å². The first-order valence-corrected chi connectivity index (χ1v) is 3.22. The van der Waals surface area contributed by atoms with Gasteiger partial charge in [0.15, 0.2) is 0 Å². The fourth-order valence-corrected chi connectivity index (χ4v) is 0.813. The first-order chi connectivity index (χ1) is 4.86. The van der Waals surface area contributed by atoms with Gasteiger partial charge in [-0.1, -0.05) is 43.5 Å². The zero-order chi connectivity index (χ0) is 7.40. The van der Waals surface area contributed by atoms with Crippen LogP contribution in [0.5, 0.6) is 0 Å². The van der Waals surface area contributed by atoms with E-state index in [0.29, 0.717) is 0 Å². The summed E-state index contributed by atoms with van der Waals surface area (Å²) in [5.41, 5.74) is 2.27. The van der Waals surface area contributed by atoms with Gasteiger partial charge in [-0.15, -0.1) is 0 Å². The summed E-state index contributed by atoms with van der Waals surface area (Å²) in [6.07, 6.45) is 3.65. The van der Waals surface area contributed by atoms with E-state index >= 15 is 0 Å². The molecule has 0 saturated carbocycles. The molecule has 1 aromatic carbocycles. The summed E-state index contributed by atoms with van der Waals surface area (Å²) in [6, 6.07) is 8.06. The van der Waals surface area contributed by atoms with Crippen molar-refractivity contribution in [3.63, 3.8) is 0 Å². The van der Waals surface area contributed by atoms with E-state index in [1.165, 1.54) is 0 Å². The van der Waals surface area contributed by atoms with Crippen LogP contribution in [0.4, 0.5) is 0 Å². The molecule has 0 bridgehead atoms. The number of hydrogen-bond acceptors (Lipinski definition) is 1. The van der Waals surface area contributed by atoms with Crippen LogP contribution in [0.15, 0.2) is 37.4 Å². The van der Waals surface area contributed by atoms with Gasteiger partial charge in [0.1, 0.15) is 0 Å². The van der Waals surface area contributed by atoms with E-state index < -0.39 is 0 Å². The van der Waals surface area contributed by atoms with Crippen molar-refractivity contribution in [2.24, 2.45) is 0 Å². The highest BCUT2D eigenvalue weighted by Crippen LogP contribution is 2.06. The van der Waals surface area contributed by atoms with Crippen LogP contribution in [0, 0.1) is 0 Å². The average molecular weight is 147 g/mol. The van der Waals surface area contributed by atoms with E-state index in [1.807, 2.05) is 36.4 Å². The fourth-order valence-electron chi connectivity index (χ4n) is 0.813. The van der Waals surface area contributed by atoms with Crippen LogP contribution < -0.4 is 6.15 Å². The summed E-state index contributed by atoms with van der Waals surface area (Å²) >= 11 is 0. The van der Waals surface area contributed by atoms with Crippen LogP contribution >= 0.6 is 0 Å². The Morgan fingerprint density at radius 2 is 1.45 bits per heavy atom. The summed E-state index contributed by atoms with van der Waals surface area (Å²) in [5, 5.41) is 0. The second kappa shape index (κ2) is 4.47. The second-order valence-electron chi connectivity index (χ2n) is 2.08. The molecule has 0 amide bonds. The number of hydrogen-bond donors (Lipinski definition) is 1. The van der Waals surface area contributed by atoms with Gasteiger partial charge in [-0.2, -0.15) is 0 Å². The smallest absolute Gasteiger partial charge is 0.0257 e. The van der Waals surface area contributed by atoms with Crippen molar-refractivity contribution in [2.75, 3.05) is 0 Å². The normalized spacial score (nSPS) is 8.00. The molecule has 0 atom stereocenters. The molecule has 58 valence electrons. The van der Waals surface area contributed by atoms with E-state index in [-0.39, 0.29) is 6.15 Å². The van der Waals surface area contributed by atoms with Crippen LogP contribution in [-0.2, 0) is 0 Å². The standard InChI is InChI=1S/C10H10.H3N/c1-3-9-6-5-7-10(4-2)8-9;/h3-8H,1-2H2;1H3. The number of rotatable bonds is 2. The molecule has 3 N–H and O–H groups in total. The maximum absolute atomic E-state index is 3.67. The highest BCUT2D eigenvalue weighted by molar-refractivity contribution is 5.55. The molecule has 1 heteroatoms. The first kappa shape index (κ1) is 9.66. The Labute approximate surface area is 67.6 Å². The molecule has 0 aliphatic carbocycles. The maximum atomic E-state index is 3.67. The van der Waals surface area contributed by atoms with Crippen LogP contribution in [0.2, 0.25) is 0 Å². The van der Waals surface area contributed by atoms with Gasteiger partial charge < -0.3 is 6.15 Å². The van der Waals surface area contributed by atoms with Gasteiger partial charge in [0.2, 0.25) is 0 Å². The summed E-state index contributed by atoms with van der Waals surface area (Å²) in [6.45, 7) is 7.34. The van der Waals surface area contributed by atoms with Crippen LogP contribution in [0.1, 0.15) is 11.1 Å². The zero-order valence-corrected chi connectivity index (χ0v) is 6.59. The van der Waals surface area contributed by atoms with Crippen LogP contribution in [0.25, 0.3) is 12.2 Å². The topological polar surface area (TPSA) is 35.0 Å². The largest absolute Gasteiger partial charge is 0.344 e. The monoisotopic (exact) mass is 147 g/mol. The lowest BCUT2D eigenvalue weighted by molar-refractivity contribution is 1.63. The Kier molecular flexibility index (Phi) is 3.93. The fraction of sp³-hybridized carbons (Fsp3) is 0. The Bertz CT molecular complexity index is 228. The molecule has 0 heterocycles. The Hall–Kier alpha value is -1.34. The molecule has 0 fully saturated rings. The molecule has 0 saturated heterocycles. The molecule has 0 radical (unpaired) electrons. The van der Waals surface area contributed by atoms with Crippen LogP contribution in [-0.4, -0.2) is 0 Å². The van der Waals surface area contributed by atoms with Crippen molar-refractivity contribution in [2.45, 2.75) is 0 Å². The lowest BCUT2D eigenvalue weighted by atomic mass is 10.1. The van der Waals surface area contributed by atoms with Crippen molar-refractivity contribution in [3.05, 3.63) is 48.6 Å². The van der Waals surface area contributed by atoms with E-state index in [1.54, 1.807) is 0 Å². The highest BCUT2D eigenvalue weighted by Gasteiger charge is 1.85. The molecule has 1 aromatic rings. The van der Waals surface area contributed by atoms with Crippen molar-refractivity contribution in [3.8, 4) is 0 Å². The SMILES string of the molecule is C=Cc1cccc(C=C)c1.N. The van der Waals surface area contributed by atoms with E-state index in [9.17, 15) is 0 Å². The van der Waals surface area contributed by atoms with E-state index in [4.69, 9.17) is 0 Å². The predicted molar refractivity (Wildman–Crippen MR) is 51.6 cm³/mol. The molecule has 11 heavy (non-hydrogen) atoms. The molecule has 1 rings (SSSR count). The molecule has 0 aliphatic rings. The molecule has 0 aliphatic heterocycles. The van der Waals surface area contributed by atoms with E-state index in [0.717, 1.165) is 11.1 Å². The van der Waals surface area contributed by atoms with Gasteiger partial charge in [0.25, 0.3) is 0 Å². The predicted octanol–water partition coefficient (Wildman–Crippen LogP) is 3.13. The summed E-state index contributed by atoms with van der Waals surface area (Å²) in [4.78, 5) is 0. The second-order valence-corrected chi connectivity index (χ2v) is 2.08. The summed E-state index contributed by atoms with van der Waals surface area (Å²) in [7, 11) is 0. The van der Waals surface area contributed by atoms with E-state index in [2.05, 4.69) is 13.2 Å². The first-order valence-electron chi connectivity index (χ1n) is 3.22. The van der Waals surface area contributed by atoms with Crippen LogP contribution in [0.3, 0.4) is 0 Å². The molecule has 0 spiro atoms.